The van der Waals surface area contributed by atoms with Crippen LogP contribution >= 0.6 is 11.8 Å². The van der Waals surface area contributed by atoms with Crippen LogP contribution in [0.25, 0.3) is 0 Å². The largest absolute Gasteiger partial charge is 0.318 e. The zero-order chi connectivity index (χ0) is 10.1. The predicted octanol–water partition coefficient (Wildman–Crippen LogP) is 1.65. The Morgan fingerprint density at radius 3 is 3.07 bits per heavy atom. The van der Waals surface area contributed by atoms with Crippen LogP contribution in [0, 0.1) is 12.8 Å². The normalized spacial score (nSPS) is 20.7. The minimum atomic E-state index is 0.544. The second-order valence-electron chi connectivity index (χ2n) is 4.13. The first-order valence-electron chi connectivity index (χ1n) is 4.98. The Bertz CT molecular complexity index is 321. The second-order valence-corrected chi connectivity index (χ2v) is 5.12. The molecule has 0 fully saturated rings. The van der Waals surface area contributed by atoms with Crippen LogP contribution in [-0.2, 0) is 0 Å². The molecule has 1 aromatic heterocycles. The zero-order valence-electron chi connectivity index (χ0n) is 8.82. The van der Waals surface area contributed by atoms with Crippen molar-refractivity contribution in [2.45, 2.75) is 38.4 Å². The highest BCUT2D eigenvalue weighted by Crippen LogP contribution is 2.24. The highest BCUT2D eigenvalue weighted by molar-refractivity contribution is 7.99. The first-order chi connectivity index (χ1) is 6.66. The maximum absolute atomic E-state index is 4.08. The second kappa shape index (κ2) is 3.81. The standard InChI is InChI=1S/C9H16N4S/c1-6(2)4-8-5-14-9-11-10-7(3)13(9)12-8/h6,8,12H,4-5H2,1-3H3. The van der Waals surface area contributed by atoms with Crippen molar-refractivity contribution in [3.8, 4) is 0 Å². The molecule has 1 aliphatic rings. The van der Waals surface area contributed by atoms with E-state index in [1.54, 1.807) is 11.8 Å². The molecule has 0 aliphatic carbocycles. The third-order valence-corrected chi connectivity index (χ3v) is 3.37. The van der Waals surface area contributed by atoms with Gasteiger partial charge in [-0.1, -0.05) is 25.6 Å². The molecule has 0 aromatic carbocycles. The average Bonchev–Trinajstić information content (AvgIpc) is 2.47. The van der Waals surface area contributed by atoms with E-state index in [2.05, 4.69) is 29.5 Å². The SMILES string of the molecule is Cc1nnc2n1NC(CC(C)C)CS2. The van der Waals surface area contributed by atoms with E-state index in [1.165, 1.54) is 6.42 Å². The number of thioether (sulfide) groups is 1. The number of hydrogen-bond donors (Lipinski definition) is 1. The van der Waals surface area contributed by atoms with E-state index in [1.807, 2.05) is 11.6 Å². The summed E-state index contributed by atoms with van der Waals surface area (Å²) in [7, 11) is 0. The van der Waals surface area contributed by atoms with Gasteiger partial charge in [0.25, 0.3) is 0 Å². The summed E-state index contributed by atoms with van der Waals surface area (Å²) in [6.07, 6.45) is 1.20. The van der Waals surface area contributed by atoms with Gasteiger partial charge in [-0.05, 0) is 19.3 Å². The van der Waals surface area contributed by atoms with Crippen LogP contribution in [0.4, 0.5) is 0 Å². The molecular formula is C9H16N4S. The molecule has 5 heteroatoms. The van der Waals surface area contributed by atoms with E-state index in [0.29, 0.717) is 6.04 Å². The Morgan fingerprint density at radius 2 is 2.36 bits per heavy atom. The summed E-state index contributed by atoms with van der Waals surface area (Å²) >= 11 is 1.79. The van der Waals surface area contributed by atoms with Crippen molar-refractivity contribution < 1.29 is 0 Å². The molecule has 0 bridgehead atoms. The van der Waals surface area contributed by atoms with Crippen molar-refractivity contribution in [3.63, 3.8) is 0 Å². The lowest BCUT2D eigenvalue weighted by Gasteiger charge is -2.26. The summed E-state index contributed by atoms with van der Waals surface area (Å²) in [5.41, 5.74) is 3.45. The Morgan fingerprint density at radius 1 is 1.57 bits per heavy atom. The van der Waals surface area contributed by atoms with E-state index in [4.69, 9.17) is 0 Å². The topological polar surface area (TPSA) is 42.7 Å². The van der Waals surface area contributed by atoms with Gasteiger partial charge in [0.2, 0.25) is 5.16 Å². The van der Waals surface area contributed by atoms with Gasteiger partial charge in [0.05, 0.1) is 6.04 Å². The third-order valence-electron chi connectivity index (χ3n) is 2.28. The lowest BCUT2D eigenvalue weighted by atomic mass is 10.1. The van der Waals surface area contributed by atoms with Crippen molar-refractivity contribution in [3.05, 3.63) is 5.82 Å². The Kier molecular flexibility index (Phi) is 2.67. The fraction of sp³-hybridized carbons (Fsp3) is 0.778. The van der Waals surface area contributed by atoms with Crippen LogP contribution in [0.3, 0.4) is 0 Å². The molecule has 0 spiro atoms. The number of aromatic nitrogens is 3. The molecule has 1 aliphatic heterocycles. The van der Waals surface area contributed by atoms with Crippen molar-refractivity contribution in [2.24, 2.45) is 5.92 Å². The molecule has 4 nitrogen and oxygen atoms in total. The van der Waals surface area contributed by atoms with Gasteiger partial charge in [-0.2, -0.15) is 0 Å². The van der Waals surface area contributed by atoms with Gasteiger partial charge in [0.15, 0.2) is 0 Å². The lowest BCUT2D eigenvalue weighted by Crippen LogP contribution is -2.35. The summed E-state index contributed by atoms with van der Waals surface area (Å²) in [5.74, 6) is 2.77. The van der Waals surface area contributed by atoms with E-state index >= 15 is 0 Å². The van der Waals surface area contributed by atoms with Crippen LogP contribution in [-0.4, -0.2) is 26.7 Å². The maximum atomic E-state index is 4.08. The first-order valence-corrected chi connectivity index (χ1v) is 5.96. The number of fused-ring (bicyclic) bond motifs is 1. The van der Waals surface area contributed by atoms with Crippen molar-refractivity contribution in [2.75, 3.05) is 11.2 Å². The summed E-state index contributed by atoms with van der Waals surface area (Å²) in [4.78, 5) is 0. The molecular weight excluding hydrogens is 196 g/mol. The van der Waals surface area contributed by atoms with Crippen molar-refractivity contribution in [1.29, 1.82) is 0 Å². The van der Waals surface area contributed by atoms with Gasteiger partial charge in [-0.25, -0.2) is 4.68 Å². The van der Waals surface area contributed by atoms with Crippen molar-refractivity contribution >= 4 is 11.8 Å². The molecule has 78 valence electrons. The quantitative estimate of drug-likeness (QED) is 0.809. The molecule has 0 saturated heterocycles. The van der Waals surface area contributed by atoms with E-state index < -0.39 is 0 Å². The maximum Gasteiger partial charge on any atom is 0.210 e. The molecule has 1 atom stereocenters. The van der Waals surface area contributed by atoms with Crippen LogP contribution < -0.4 is 5.43 Å². The van der Waals surface area contributed by atoms with Gasteiger partial charge >= 0.3 is 0 Å². The summed E-state index contributed by atoms with van der Waals surface area (Å²) in [6, 6.07) is 0.544. The smallest absolute Gasteiger partial charge is 0.210 e. The average molecular weight is 212 g/mol. The minimum absolute atomic E-state index is 0.544. The lowest BCUT2D eigenvalue weighted by molar-refractivity contribution is 0.498. The minimum Gasteiger partial charge on any atom is -0.318 e. The fourth-order valence-corrected chi connectivity index (χ4v) is 2.64. The van der Waals surface area contributed by atoms with E-state index in [0.717, 1.165) is 22.7 Å². The van der Waals surface area contributed by atoms with Gasteiger partial charge < -0.3 is 5.43 Å². The van der Waals surface area contributed by atoms with Gasteiger partial charge in [-0.3, -0.25) is 0 Å². The monoisotopic (exact) mass is 212 g/mol. The van der Waals surface area contributed by atoms with Crippen LogP contribution in [0.1, 0.15) is 26.1 Å². The number of rotatable bonds is 2. The molecule has 0 saturated carbocycles. The molecule has 0 amide bonds. The highest BCUT2D eigenvalue weighted by Gasteiger charge is 2.21. The Hall–Kier alpha value is -0.710. The number of nitrogens with one attached hydrogen (secondary N) is 1. The summed E-state index contributed by atoms with van der Waals surface area (Å²) in [6.45, 7) is 6.48. The molecule has 1 unspecified atom stereocenters. The third kappa shape index (κ3) is 1.87. The van der Waals surface area contributed by atoms with Gasteiger partial charge in [-0.15, -0.1) is 10.2 Å². The molecule has 1 N–H and O–H groups in total. The predicted molar refractivity (Wildman–Crippen MR) is 58.1 cm³/mol. The van der Waals surface area contributed by atoms with E-state index in [-0.39, 0.29) is 0 Å². The highest BCUT2D eigenvalue weighted by atomic mass is 32.2. The number of nitrogens with zero attached hydrogens (tertiary/aromatic N) is 3. The molecule has 2 heterocycles. The van der Waals surface area contributed by atoms with E-state index in [9.17, 15) is 0 Å². The van der Waals surface area contributed by atoms with Gasteiger partial charge in [0, 0.05) is 5.75 Å². The first kappa shape index (κ1) is 9.83. The molecule has 2 rings (SSSR count). The summed E-state index contributed by atoms with van der Waals surface area (Å²) < 4.78 is 2.00. The van der Waals surface area contributed by atoms with Crippen LogP contribution in [0.5, 0.6) is 0 Å². The van der Waals surface area contributed by atoms with Gasteiger partial charge in [0.1, 0.15) is 5.82 Å². The van der Waals surface area contributed by atoms with Crippen LogP contribution in [0.2, 0.25) is 0 Å². The zero-order valence-corrected chi connectivity index (χ0v) is 9.64. The Labute approximate surface area is 88.5 Å². The number of aryl methyl sites for hydroxylation is 1. The molecule has 0 radical (unpaired) electrons. The summed E-state index contributed by atoms with van der Waals surface area (Å²) in [5, 5.41) is 9.11. The molecule has 14 heavy (non-hydrogen) atoms. The van der Waals surface area contributed by atoms with Crippen LogP contribution in [0.15, 0.2) is 5.16 Å². The number of hydrogen-bond acceptors (Lipinski definition) is 4. The fourth-order valence-electron chi connectivity index (χ4n) is 1.67. The van der Waals surface area contributed by atoms with Crippen molar-refractivity contribution in [1.82, 2.24) is 14.9 Å². The Balaban J connectivity index is 2.08. The molecule has 1 aromatic rings.